The number of nitrogens with one attached hydrogen (secondary N) is 2. The molecule has 3 amide bonds. The number of hydrogen-bond acceptors (Lipinski definition) is 5. The van der Waals surface area contributed by atoms with Gasteiger partial charge in [0.1, 0.15) is 5.75 Å². The van der Waals surface area contributed by atoms with E-state index in [4.69, 9.17) is 9.47 Å². The molecule has 0 saturated carbocycles. The maximum atomic E-state index is 12.0. The van der Waals surface area contributed by atoms with E-state index in [0.29, 0.717) is 17.9 Å². The van der Waals surface area contributed by atoms with Crippen molar-refractivity contribution < 1.29 is 23.9 Å². The molecule has 0 unspecified atom stereocenters. The average Bonchev–Trinajstić information content (AvgIpc) is 2.53. The monoisotopic (exact) mass is 364 g/mol. The minimum absolute atomic E-state index is 0.390. The fraction of sp³-hybridized carbons (Fsp3) is 0.526. The number of rotatable bonds is 7. The lowest BCUT2D eigenvalue weighted by atomic mass is 10.1. The molecule has 0 saturated heterocycles. The Morgan fingerprint density at radius 1 is 1.12 bits per heavy atom. The van der Waals surface area contributed by atoms with Crippen LogP contribution < -0.4 is 15.4 Å². The molecule has 0 radical (unpaired) electrons. The van der Waals surface area contributed by atoms with Crippen molar-refractivity contribution in [3.63, 3.8) is 0 Å². The lowest BCUT2D eigenvalue weighted by Gasteiger charge is -2.21. The van der Waals surface area contributed by atoms with Gasteiger partial charge in [-0.05, 0) is 58.4 Å². The zero-order valence-electron chi connectivity index (χ0n) is 16.0. The van der Waals surface area contributed by atoms with E-state index in [2.05, 4.69) is 10.6 Å². The SMILES string of the molecule is CCCCOC(=O)c1ccc(O[C@H](C)C(=O)NC(=O)NC(C)(C)C)cc1. The molecule has 1 atom stereocenters. The number of hydrogen-bond donors (Lipinski definition) is 2. The molecule has 144 valence electrons. The van der Waals surface area contributed by atoms with Gasteiger partial charge in [-0.3, -0.25) is 10.1 Å². The molecule has 0 aromatic heterocycles. The third kappa shape index (κ3) is 8.00. The van der Waals surface area contributed by atoms with Crippen molar-refractivity contribution >= 4 is 17.9 Å². The summed E-state index contributed by atoms with van der Waals surface area (Å²) in [5, 5.41) is 4.86. The highest BCUT2D eigenvalue weighted by Gasteiger charge is 2.20. The number of urea groups is 1. The quantitative estimate of drug-likeness (QED) is 0.573. The topological polar surface area (TPSA) is 93.7 Å². The predicted molar refractivity (Wildman–Crippen MR) is 98.1 cm³/mol. The van der Waals surface area contributed by atoms with Crippen molar-refractivity contribution in [3.05, 3.63) is 29.8 Å². The first kappa shape index (κ1) is 21.5. The molecule has 0 aliphatic carbocycles. The van der Waals surface area contributed by atoms with E-state index in [1.165, 1.54) is 6.92 Å². The third-order valence-corrected chi connectivity index (χ3v) is 3.23. The molecule has 0 aliphatic rings. The minimum atomic E-state index is -0.872. The molecular weight excluding hydrogens is 336 g/mol. The number of ether oxygens (including phenoxy) is 2. The first-order valence-electron chi connectivity index (χ1n) is 8.69. The number of carbonyl (C=O) groups is 3. The van der Waals surface area contributed by atoms with Crippen LogP contribution in [0.1, 0.15) is 57.8 Å². The largest absolute Gasteiger partial charge is 0.481 e. The van der Waals surface area contributed by atoms with Gasteiger partial charge in [-0.15, -0.1) is 0 Å². The summed E-state index contributed by atoms with van der Waals surface area (Å²) in [6.45, 7) is 9.38. The molecule has 1 rings (SSSR count). The molecular formula is C19H28N2O5. The van der Waals surface area contributed by atoms with Crippen molar-refractivity contribution in [3.8, 4) is 5.75 Å². The number of amides is 3. The Morgan fingerprint density at radius 2 is 1.73 bits per heavy atom. The molecule has 1 aromatic carbocycles. The second-order valence-corrected chi connectivity index (χ2v) is 6.97. The Morgan fingerprint density at radius 3 is 2.27 bits per heavy atom. The number of imide groups is 1. The van der Waals surface area contributed by atoms with E-state index in [1.54, 1.807) is 24.3 Å². The lowest BCUT2D eigenvalue weighted by Crippen LogP contribution is -2.50. The number of carbonyl (C=O) groups excluding carboxylic acids is 3. The maximum absolute atomic E-state index is 12.0. The minimum Gasteiger partial charge on any atom is -0.481 e. The van der Waals surface area contributed by atoms with Gasteiger partial charge >= 0.3 is 12.0 Å². The van der Waals surface area contributed by atoms with Crippen LogP contribution in [0.5, 0.6) is 5.75 Å². The van der Waals surface area contributed by atoms with Crippen LogP contribution in [0.25, 0.3) is 0 Å². The van der Waals surface area contributed by atoms with E-state index < -0.39 is 29.6 Å². The van der Waals surface area contributed by atoms with Crippen LogP contribution in [0.3, 0.4) is 0 Å². The first-order valence-corrected chi connectivity index (χ1v) is 8.69. The van der Waals surface area contributed by atoms with Crippen molar-refractivity contribution in [1.82, 2.24) is 10.6 Å². The van der Waals surface area contributed by atoms with Crippen LogP contribution in [0.4, 0.5) is 4.79 Å². The van der Waals surface area contributed by atoms with Gasteiger partial charge in [-0.2, -0.15) is 0 Å². The molecule has 0 fully saturated rings. The maximum Gasteiger partial charge on any atom is 0.338 e. The Hall–Kier alpha value is -2.57. The molecule has 0 heterocycles. The predicted octanol–water partition coefficient (Wildman–Crippen LogP) is 3.04. The Labute approximate surface area is 154 Å². The summed E-state index contributed by atoms with van der Waals surface area (Å²) in [6, 6.07) is 5.72. The van der Waals surface area contributed by atoms with E-state index in [9.17, 15) is 14.4 Å². The molecule has 1 aromatic rings. The number of esters is 1. The van der Waals surface area contributed by atoms with Crippen LogP contribution in [0, 0.1) is 0 Å². The fourth-order valence-electron chi connectivity index (χ4n) is 1.91. The van der Waals surface area contributed by atoms with Crippen LogP contribution in [-0.2, 0) is 9.53 Å². The first-order chi connectivity index (χ1) is 12.1. The lowest BCUT2D eigenvalue weighted by molar-refractivity contribution is -0.126. The average molecular weight is 364 g/mol. The van der Waals surface area contributed by atoms with Crippen LogP contribution >= 0.6 is 0 Å². The summed E-state index contributed by atoms with van der Waals surface area (Å²) in [5.41, 5.74) is -0.0362. The van der Waals surface area contributed by atoms with Gasteiger partial charge in [0.2, 0.25) is 0 Å². The van der Waals surface area contributed by atoms with Gasteiger partial charge in [0.05, 0.1) is 12.2 Å². The van der Waals surface area contributed by atoms with Crippen LogP contribution in [-0.4, -0.2) is 36.2 Å². The number of unbranched alkanes of at least 4 members (excludes halogenated alkanes) is 1. The second-order valence-electron chi connectivity index (χ2n) is 6.97. The van der Waals surface area contributed by atoms with Gasteiger partial charge < -0.3 is 14.8 Å². The summed E-state index contributed by atoms with van der Waals surface area (Å²) in [7, 11) is 0. The second kappa shape index (κ2) is 9.79. The molecule has 0 spiro atoms. The zero-order valence-corrected chi connectivity index (χ0v) is 16.0. The fourth-order valence-corrected chi connectivity index (χ4v) is 1.91. The molecule has 7 nitrogen and oxygen atoms in total. The molecule has 0 aliphatic heterocycles. The Kier molecular flexibility index (Phi) is 8.09. The van der Waals surface area contributed by atoms with E-state index >= 15 is 0 Å². The smallest absolute Gasteiger partial charge is 0.338 e. The van der Waals surface area contributed by atoms with Crippen molar-refractivity contribution in [2.24, 2.45) is 0 Å². The standard InChI is InChI=1S/C19H28N2O5/c1-6-7-12-25-17(23)14-8-10-15(11-9-14)26-13(2)16(22)20-18(24)21-19(3,4)5/h8-11,13H,6-7,12H2,1-5H3,(H2,20,21,22,24)/t13-/m1/s1. The molecule has 2 N–H and O–H groups in total. The molecule has 26 heavy (non-hydrogen) atoms. The molecule has 7 heteroatoms. The van der Waals surface area contributed by atoms with Gasteiger partial charge in [0.25, 0.3) is 5.91 Å². The Bertz CT molecular complexity index is 620. The summed E-state index contributed by atoms with van der Waals surface area (Å²) in [4.78, 5) is 35.5. The summed E-state index contributed by atoms with van der Waals surface area (Å²) in [6.07, 6.45) is 0.902. The highest BCUT2D eigenvalue weighted by molar-refractivity contribution is 5.96. The van der Waals surface area contributed by atoms with Crippen molar-refractivity contribution in [2.75, 3.05) is 6.61 Å². The van der Waals surface area contributed by atoms with Gasteiger partial charge in [-0.25, -0.2) is 9.59 Å². The van der Waals surface area contributed by atoms with Crippen molar-refractivity contribution in [2.45, 2.75) is 59.1 Å². The molecule has 0 bridgehead atoms. The van der Waals surface area contributed by atoms with Gasteiger partial charge in [0.15, 0.2) is 6.10 Å². The Balaban J connectivity index is 2.53. The highest BCUT2D eigenvalue weighted by Crippen LogP contribution is 2.15. The van der Waals surface area contributed by atoms with Gasteiger partial charge in [-0.1, -0.05) is 13.3 Å². The van der Waals surface area contributed by atoms with Crippen LogP contribution in [0.15, 0.2) is 24.3 Å². The van der Waals surface area contributed by atoms with Gasteiger partial charge in [0, 0.05) is 5.54 Å². The third-order valence-electron chi connectivity index (χ3n) is 3.23. The van der Waals surface area contributed by atoms with E-state index in [0.717, 1.165) is 12.8 Å². The van der Waals surface area contributed by atoms with Crippen LogP contribution in [0.2, 0.25) is 0 Å². The highest BCUT2D eigenvalue weighted by atomic mass is 16.5. The summed E-state index contributed by atoms with van der Waals surface area (Å²) in [5.74, 6) is -0.543. The van der Waals surface area contributed by atoms with Crippen molar-refractivity contribution in [1.29, 1.82) is 0 Å². The van der Waals surface area contributed by atoms with E-state index in [-0.39, 0.29) is 0 Å². The normalized spacial score (nSPS) is 12.0. The number of benzene rings is 1. The van der Waals surface area contributed by atoms with E-state index in [1.807, 2.05) is 27.7 Å². The summed E-state index contributed by atoms with van der Waals surface area (Å²) < 4.78 is 10.6. The zero-order chi connectivity index (χ0) is 19.7. The summed E-state index contributed by atoms with van der Waals surface area (Å²) >= 11 is 0.